The van der Waals surface area contributed by atoms with Gasteiger partial charge < -0.3 is 20.1 Å². The van der Waals surface area contributed by atoms with Crippen molar-refractivity contribution in [3.63, 3.8) is 0 Å². The molecule has 0 aromatic carbocycles. The number of hydrogen-bond acceptors (Lipinski definition) is 2. The molecule has 0 amide bonds. The van der Waals surface area contributed by atoms with E-state index < -0.39 is 0 Å². The Morgan fingerprint density at radius 3 is 2.42 bits per heavy atom. The first-order valence-electron chi connectivity index (χ1n) is 8.77. The normalized spacial score (nSPS) is 12.0. The van der Waals surface area contributed by atoms with Crippen molar-refractivity contribution in [1.29, 1.82) is 0 Å². The molecule has 0 unspecified atom stereocenters. The van der Waals surface area contributed by atoms with Crippen LogP contribution in [0.4, 0.5) is 0 Å². The molecule has 1 heterocycles. The zero-order valence-electron chi connectivity index (χ0n) is 15.3. The van der Waals surface area contributed by atoms with Crippen LogP contribution in [0.2, 0.25) is 10.2 Å². The molecule has 1 aromatic rings. The van der Waals surface area contributed by atoms with Gasteiger partial charge >= 0.3 is 0 Å². The lowest BCUT2D eigenvalue weighted by Gasteiger charge is -2.18. The zero-order chi connectivity index (χ0) is 17.9. The third-order valence-corrected chi connectivity index (χ3v) is 4.89. The highest BCUT2D eigenvalue weighted by molar-refractivity contribution is 6.41. The van der Waals surface area contributed by atoms with E-state index in [-0.39, 0.29) is 0 Å². The lowest BCUT2D eigenvalue weighted by atomic mass is 10.3. The molecule has 0 saturated heterocycles. The van der Waals surface area contributed by atoms with Crippen molar-refractivity contribution in [3.05, 3.63) is 21.9 Å². The minimum atomic E-state index is 0.539. The van der Waals surface area contributed by atoms with Gasteiger partial charge in [0.2, 0.25) is 0 Å². The van der Waals surface area contributed by atoms with Gasteiger partial charge in [-0.3, -0.25) is 0 Å². The summed E-state index contributed by atoms with van der Waals surface area (Å²) in [6.45, 7) is 12.2. The molecule has 5 nitrogen and oxygen atoms in total. The van der Waals surface area contributed by atoms with Crippen molar-refractivity contribution in [2.75, 3.05) is 32.7 Å². The topological polar surface area (TPSA) is 44.6 Å². The number of rotatable bonds is 10. The Hall–Kier alpha value is -0.910. The minimum absolute atomic E-state index is 0.539. The van der Waals surface area contributed by atoms with E-state index in [0.717, 1.165) is 50.8 Å². The number of nitrogens with one attached hydrogen (secondary N) is 2. The molecule has 0 aliphatic rings. The summed E-state index contributed by atoms with van der Waals surface area (Å²) in [5.41, 5.74) is 0.990. The lowest BCUT2D eigenvalue weighted by molar-refractivity contribution is 0.297. The number of aliphatic imine (C=N–C) groups is 1. The van der Waals surface area contributed by atoms with Gasteiger partial charge in [0.25, 0.3) is 0 Å². The number of unbranched alkanes of at least 4 members (excludes halogenated alkanes) is 1. The van der Waals surface area contributed by atoms with Crippen molar-refractivity contribution < 1.29 is 0 Å². The number of aromatic nitrogens is 1. The molecule has 0 saturated carbocycles. The maximum atomic E-state index is 6.09. The van der Waals surface area contributed by atoms with Crippen molar-refractivity contribution in [2.24, 2.45) is 12.0 Å². The van der Waals surface area contributed by atoms with Crippen LogP contribution in [-0.4, -0.2) is 48.2 Å². The number of hydrogen-bond donors (Lipinski definition) is 2. The fraction of sp³-hybridized carbons (Fsp3) is 0.706. The average molecular weight is 376 g/mol. The molecule has 0 fully saturated rings. The average Bonchev–Trinajstić information content (AvgIpc) is 2.82. The maximum Gasteiger partial charge on any atom is 0.191 e. The van der Waals surface area contributed by atoms with Crippen LogP contribution in [0.15, 0.2) is 11.1 Å². The Bertz CT molecular complexity index is 509. The second-order valence-corrected chi connectivity index (χ2v) is 6.45. The fourth-order valence-electron chi connectivity index (χ4n) is 2.45. The molecule has 138 valence electrons. The highest BCUT2D eigenvalue weighted by Crippen LogP contribution is 2.25. The Morgan fingerprint density at radius 2 is 1.88 bits per heavy atom. The van der Waals surface area contributed by atoms with E-state index in [1.165, 1.54) is 6.42 Å². The molecule has 7 heteroatoms. The number of guanidine groups is 1. The van der Waals surface area contributed by atoms with E-state index in [0.29, 0.717) is 16.7 Å². The SMILES string of the molecule is CCNC(=NCc1cc(Cl)c(Cl)n1C)NCCCCN(CC)CC. The summed E-state index contributed by atoms with van der Waals surface area (Å²) in [5.74, 6) is 0.828. The van der Waals surface area contributed by atoms with Gasteiger partial charge in [-0.2, -0.15) is 0 Å². The van der Waals surface area contributed by atoms with Gasteiger partial charge in [-0.1, -0.05) is 37.0 Å². The quantitative estimate of drug-likeness (QED) is 0.373. The van der Waals surface area contributed by atoms with Gasteiger partial charge in [0, 0.05) is 25.8 Å². The second kappa shape index (κ2) is 11.6. The summed E-state index contributed by atoms with van der Waals surface area (Å²) in [4.78, 5) is 7.06. The van der Waals surface area contributed by atoms with Gasteiger partial charge in [0.05, 0.1) is 11.6 Å². The first-order valence-corrected chi connectivity index (χ1v) is 9.53. The predicted octanol–water partition coefficient (Wildman–Crippen LogP) is 3.51. The molecule has 0 atom stereocenters. The van der Waals surface area contributed by atoms with E-state index >= 15 is 0 Å². The molecule has 1 aromatic heterocycles. The summed E-state index contributed by atoms with van der Waals surface area (Å²) in [6.07, 6.45) is 2.32. The molecule has 0 spiro atoms. The van der Waals surface area contributed by atoms with E-state index in [2.05, 4.69) is 41.3 Å². The zero-order valence-corrected chi connectivity index (χ0v) is 16.8. The van der Waals surface area contributed by atoms with E-state index in [1.54, 1.807) is 0 Å². The van der Waals surface area contributed by atoms with Gasteiger partial charge in [-0.15, -0.1) is 0 Å². The van der Waals surface area contributed by atoms with Crippen LogP contribution in [0, 0.1) is 0 Å². The summed E-state index contributed by atoms with van der Waals surface area (Å²) in [5, 5.41) is 7.78. The molecule has 1 rings (SSSR count). The molecular weight excluding hydrogens is 345 g/mol. The molecule has 0 aliphatic carbocycles. The van der Waals surface area contributed by atoms with Gasteiger partial charge in [0.15, 0.2) is 5.96 Å². The Kier molecular flexibility index (Phi) is 10.2. The summed E-state index contributed by atoms with van der Waals surface area (Å²) in [6, 6.07) is 1.86. The van der Waals surface area contributed by atoms with Crippen molar-refractivity contribution in [3.8, 4) is 0 Å². The summed E-state index contributed by atoms with van der Waals surface area (Å²) in [7, 11) is 1.90. The molecule has 2 N–H and O–H groups in total. The Morgan fingerprint density at radius 1 is 1.17 bits per heavy atom. The third kappa shape index (κ3) is 6.91. The van der Waals surface area contributed by atoms with Gasteiger partial charge in [0.1, 0.15) is 5.15 Å². The Balaban J connectivity index is 2.44. The highest BCUT2D eigenvalue weighted by Gasteiger charge is 2.08. The fourth-order valence-corrected chi connectivity index (χ4v) is 2.87. The van der Waals surface area contributed by atoms with Gasteiger partial charge in [-0.05, 0) is 45.5 Å². The first kappa shape index (κ1) is 21.1. The molecule has 0 aliphatic heterocycles. The number of halogens is 2. The van der Waals surface area contributed by atoms with Gasteiger partial charge in [-0.25, -0.2) is 4.99 Å². The van der Waals surface area contributed by atoms with Crippen LogP contribution in [0.1, 0.15) is 39.3 Å². The van der Waals surface area contributed by atoms with E-state index in [4.69, 9.17) is 23.2 Å². The smallest absolute Gasteiger partial charge is 0.191 e. The third-order valence-electron chi connectivity index (χ3n) is 4.05. The molecule has 0 radical (unpaired) electrons. The van der Waals surface area contributed by atoms with Crippen LogP contribution >= 0.6 is 23.2 Å². The highest BCUT2D eigenvalue weighted by atomic mass is 35.5. The van der Waals surface area contributed by atoms with Crippen LogP contribution in [0.25, 0.3) is 0 Å². The molecule has 0 bridgehead atoms. The minimum Gasteiger partial charge on any atom is -0.357 e. The van der Waals surface area contributed by atoms with Crippen LogP contribution in [0.5, 0.6) is 0 Å². The monoisotopic (exact) mass is 375 g/mol. The van der Waals surface area contributed by atoms with E-state index in [1.807, 2.05) is 17.7 Å². The van der Waals surface area contributed by atoms with E-state index in [9.17, 15) is 0 Å². The largest absolute Gasteiger partial charge is 0.357 e. The maximum absolute atomic E-state index is 6.09. The standard InChI is InChI=1S/C17H31Cl2N5/c1-5-20-17(21-10-8-9-11-24(6-2)7-3)22-13-14-12-15(18)16(19)23(14)4/h12H,5-11,13H2,1-4H3,(H2,20,21,22). The first-order chi connectivity index (χ1) is 11.5. The summed E-state index contributed by atoms with van der Waals surface area (Å²) < 4.78 is 1.86. The summed E-state index contributed by atoms with van der Waals surface area (Å²) >= 11 is 12.1. The van der Waals surface area contributed by atoms with Crippen LogP contribution in [0.3, 0.4) is 0 Å². The van der Waals surface area contributed by atoms with Crippen molar-refractivity contribution in [2.45, 2.75) is 40.2 Å². The van der Waals surface area contributed by atoms with Crippen molar-refractivity contribution >= 4 is 29.2 Å². The van der Waals surface area contributed by atoms with Crippen LogP contribution < -0.4 is 10.6 Å². The van der Waals surface area contributed by atoms with Crippen LogP contribution in [-0.2, 0) is 13.6 Å². The number of nitrogens with zero attached hydrogens (tertiary/aromatic N) is 3. The second-order valence-electron chi connectivity index (χ2n) is 5.69. The molecular formula is C17H31Cl2N5. The van der Waals surface area contributed by atoms with Crippen molar-refractivity contribution in [1.82, 2.24) is 20.1 Å². The Labute approximate surface area is 156 Å². The predicted molar refractivity (Wildman–Crippen MR) is 105 cm³/mol. The molecule has 24 heavy (non-hydrogen) atoms. The lowest BCUT2D eigenvalue weighted by Crippen LogP contribution is -2.38.